The molecule has 0 unspecified atom stereocenters. The van der Waals surface area contributed by atoms with Crippen LogP contribution < -0.4 is 70.4 Å². The Balaban J connectivity index is 2.03. The molecule has 1 saturated heterocycles. The molecule has 0 radical (unpaired) electrons. The van der Waals surface area contributed by atoms with E-state index in [0.29, 0.717) is 11.3 Å². The van der Waals surface area contributed by atoms with Gasteiger partial charge in [-0.3, -0.25) is 57.7 Å². The molecule has 1 aromatic heterocycles. The number of aromatic hydroxyl groups is 1. The van der Waals surface area contributed by atoms with Crippen molar-refractivity contribution in [3.8, 4) is 5.75 Å². The lowest BCUT2D eigenvalue weighted by molar-refractivity contribution is -0.135. The number of aliphatic hydroxyl groups excluding tert-OH is 1. The summed E-state index contributed by atoms with van der Waals surface area (Å²) in [5.74, 6) is -11.5. The second kappa shape index (κ2) is 32.0. The zero-order valence-electron chi connectivity index (χ0n) is 43.1. The van der Waals surface area contributed by atoms with Crippen LogP contribution in [0.15, 0.2) is 41.8 Å². The van der Waals surface area contributed by atoms with Gasteiger partial charge < -0.3 is 85.6 Å². The largest absolute Gasteiger partial charge is 0.508 e. The van der Waals surface area contributed by atoms with Crippen molar-refractivity contribution in [2.45, 2.75) is 109 Å². The summed E-state index contributed by atoms with van der Waals surface area (Å²) >= 11 is 0. The van der Waals surface area contributed by atoms with Gasteiger partial charge in [0.15, 0.2) is 5.96 Å². The highest BCUT2D eigenvalue weighted by Crippen LogP contribution is 2.23. The number of nitrogens with zero attached hydrogens (tertiary/aromatic N) is 2. The van der Waals surface area contributed by atoms with Gasteiger partial charge in [0, 0.05) is 49.7 Å². The van der Waals surface area contributed by atoms with Gasteiger partial charge in [-0.2, -0.15) is 0 Å². The van der Waals surface area contributed by atoms with E-state index in [1.165, 1.54) is 36.8 Å². The third-order valence-electron chi connectivity index (χ3n) is 11.3. The minimum absolute atomic E-state index is 0.0429. The first kappa shape index (κ1) is 63.6. The summed E-state index contributed by atoms with van der Waals surface area (Å²) in [5.41, 5.74) is 17.4. The molecular weight excluding hydrogens is 1050 g/mol. The molecule has 2 heterocycles. The van der Waals surface area contributed by atoms with Crippen molar-refractivity contribution in [2.75, 3.05) is 37.7 Å². The number of aromatic nitrogens is 2. The standard InChI is InChI=1S/C46H70N16O13S2/c1-22(2)36-44(74)53-17-35(67)61-37(23(3)4)45(75)57-28(7-6-12-51-46(48)49)40(70)60-32(38(47)68)19-76-77-20-33(55-24(5)64)43(73)58-30(14-26-15-50-21-54-26)41(71)59-31(18-63)39(69)52-16-34(66)56-29(42(72)62-36)13-25-8-10-27(65)11-9-25/h8-11,15,21-23,28-33,36-37,63,65H,6-7,12-14,16-20H2,1-5H3,(H2,47,68)(H,50,54)(H,52,69)(H,53,74)(H,55,64)(H,56,66)(H,57,75)(H,58,73)(H,59,71)(H,60,70)(H,61,67)(H,62,72)(H4,48,49,51)/t28-,29-,30-,31-,32-,33-,36-,37-/m0/s1. The summed E-state index contributed by atoms with van der Waals surface area (Å²) < 4.78 is 0. The molecule has 19 N–H and O–H groups in total. The number of aliphatic hydroxyl groups is 1. The third kappa shape index (κ3) is 22.6. The van der Waals surface area contributed by atoms with Gasteiger partial charge in [0.05, 0.1) is 26.0 Å². The number of amides is 11. The van der Waals surface area contributed by atoms with E-state index in [4.69, 9.17) is 17.2 Å². The summed E-state index contributed by atoms with van der Waals surface area (Å²) in [5, 5.41) is 45.0. The molecule has 2 aromatic rings. The fourth-order valence-electron chi connectivity index (χ4n) is 7.16. The van der Waals surface area contributed by atoms with E-state index in [2.05, 4.69) is 68.1 Å². The third-order valence-corrected chi connectivity index (χ3v) is 13.7. The summed E-state index contributed by atoms with van der Waals surface area (Å²) in [4.78, 5) is 159. The van der Waals surface area contributed by atoms with Crippen molar-refractivity contribution in [1.29, 1.82) is 0 Å². The van der Waals surface area contributed by atoms with Crippen molar-refractivity contribution < 1.29 is 63.0 Å². The van der Waals surface area contributed by atoms with Gasteiger partial charge in [0.25, 0.3) is 0 Å². The number of rotatable bonds is 13. The second-order valence-electron chi connectivity index (χ2n) is 18.3. The number of aliphatic imine (C=N–C) groups is 1. The first-order valence-corrected chi connectivity index (χ1v) is 26.8. The monoisotopic (exact) mass is 1120 g/mol. The number of imidazole rings is 1. The van der Waals surface area contributed by atoms with Gasteiger partial charge in [-0.15, -0.1) is 0 Å². The van der Waals surface area contributed by atoms with Crippen LogP contribution >= 0.6 is 21.6 Å². The number of hydrogen-bond donors (Lipinski definition) is 16. The van der Waals surface area contributed by atoms with Crippen LogP contribution in [0.1, 0.15) is 58.7 Å². The Morgan fingerprint density at radius 2 is 1.25 bits per heavy atom. The predicted octanol–water partition coefficient (Wildman–Crippen LogP) is -5.73. The summed E-state index contributed by atoms with van der Waals surface area (Å²) in [6.45, 7) is 5.14. The quantitative estimate of drug-likeness (QED) is 0.0385. The molecule has 31 heteroatoms. The van der Waals surface area contributed by atoms with Gasteiger partial charge in [0.2, 0.25) is 65.0 Å². The van der Waals surface area contributed by atoms with E-state index in [-0.39, 0.29) is 55.4 Å². The summed E-state index contributed by atoms with van der Waals surface area (Å²) in [6, 6.07) is -5.55. The van der Waals surface area contributed by atoms with Crippen LogP contribution in [0, 0.1) is 11.8 Å². The number of nitrogens with one attached hydrogen (secondary N) is 11. The van der Waals surface area contributed by atoms with Gasteiger partial charge in [-0.05, 0) is 42.4 Å². The van der Waals surface area contributed by atoms with Gasteiger partial charge in [0.1, 0.15) is 54.1 Å². The minimum atomic E-state index is -1.70. The normalized spacial score (nSPS) is 23.9. The zero-order chi connectivity index (χ0) is 57.4. The Labute approximate surface area is 451 Å². The molecule has 0 saturated carbocycles. The van der Waals surface area contributed by atoms with Crippen molar-refractivity contribution in [3.05, 3.63) is 48.0 Å². The Bertz CT molecular complexity index is 2410. The smallest absolute Gasteiger partial charge is 0.245 e. The number of nitrogens with two attached hydrogens (primary N) is 3. The predicted molar refractivity (Wildman–Crippen MR) is 282 cm³/mol. The van der Waals surface area contributed by atoms with Crippen LogP contribution in [-0.4, -0.2) is 177 Å². The second-order valence-corrected chi connectivity index (χ2v) is 20.9. The first-order valence-electron chi connectivity index (χ1n) is 24.3. The molecule has 29 nitrogen and oxygen atoms in total. The van der Waals surface area contributed by atoms with E-state index >= 15 is 0 Å². The molecule has 11 amide bonds. The fraction of sp³-hybridized carbons (Fsp3) is 0.543. The molecule has 77 heavy (non-hydrogen) atoms. The molecule has 1 aromatic carbocycles. The number of hydrogen-bond acceptors (Lipinski definition) is 17. The molecule has 3 rings (SSSR count). The van der Waals surface area contributed by atoms with E-state index in [1.807, 2.05) is 0 Å². The molecule has 1 fully saturated rings. The number of carbonyl (C=O) groups is 11. The maximum atomic E-state index is 14.0. The van der Waals surface area contributed by atoms with Gasteiger partial charge in [-0.1, -0.05) is 61.4 Å². The number of phenols is 1. The van der Waals surface area contributed by atoms with E-state index in [1.54, 1.807) is 27.7 Å². The van der Waals surface area contributed by atoms with Crippen LogP contribution in [-0.2, 0) is 65.6 Å². The summed E-state index contributed by atoms with van der Waals surface area (Å²) in [6.07, 6.45) is 2.33. The van der Waals surface area contributed by atoms with Crippen LogP contribution in [0.5, 0.6) is 5.75 Å². The maximum Gasteiger partial charge on any atom is 0.245 e. The Morgan fingerprint density at radius 3 is 1.83 bits per heavy atom. The lowest BCUT2D eigenvalue weighted by atomic mass is 10.0. The molecule has 1 aliphatic rings. The van der Waals surface area contributed by atoms with E-state index in [0.717, 1.165) is 28.5 Å². The number of primary amides is 1. The highest BCUT2D eigenvalue weighted by Gasteiger charge is 2.34. The maximum absolute atomic E-state index is 14.0. The van der Waals surface area contributed by atoms with Crippen LogP contribution in [0.3, 0.4) is 0 Å². The number of phenolic OH excluding ortho intramolecular Hbond substituents is 1. The van der Waals surface area contributed by atoms with Crippen LogP contribution in [0.2, 0.25) is 0 Å². The molecule has 0 aliphatic carbocycles. The molecular formula is C46H70N16O13S2. The SMILES string of the molecule is CC(=O)N[C@H]1CSSC[C@@H](C(N)=O)NC(=O)[C@H](CCCN=C(N)N)NC(=O)[C@H](C(C)C)NC(=O)CNC(=O)[C@H](C(C)C)NC(=O)[C@H](Cc2ccc(O)cc2)NC(=O)CNC(=O)[C@H](CO)NC(=O)[C@H](Cc2cnc[nH]2)NC1=O. The molecule has 1 aliphatic heterocycles. The highest BCUT2D eigenvalue weighted by molar-refractivity contribution is 8.76. The van der Waals surface area contributed by atoms with Crippen LogP contribution in [0.25, 0.3) is 0 Å². The number of guanidine groups is 1. The van der Waals surface area contributed by atoms with E-state index < -0.39 is 145 Å². The minimum Gasteiger partial charge on any atom is -0.508 e. The lowest BCUT2D eigenvalue weighted by Gasteiger charge is -2.27. The zero-order valence-corrected chi connectivity index (χ0v) is 44.8. The van der Waals surface area contributed by atoms with Crippen molar-refractivity contribution in [1.82, 2.24) is 63.1 Å². The average Bonchev–Trinajstić information content (AvgIpc) is 3.88. The van der Waals surface area contributed by atoms with E-state index in [9.17, 15) is 63.0 Å². The Hall–Kier alpha value is -7.67. The van der Waals surface area contributed by atoms with Gasteiger partial charge in [-0.25, -0.2) is 4.98 Å². The lowest BCUT2D eigenvalue weighted by Crippen LogP contribution is -2.59. The number of benzene rings is 1. The molecule has 8 atom stereocenters. The van der Waals surface area contributed by atoms with Gasteiger partial charge >= 0.3 is 0 Å². The van der Waals surface area contributed by atoms with Crippen molar-refractivity contribution >= 4 is 92.5 Å². The molecule has 0 spiro atoms. The van der Waals surface area contributed by atoms with Crippen LogP contribution in [0.4, 0.5) is 0 Å². The number of carbonyl (C=O) groups excluding carboxylic acids is 11. The van der Waals surface area contributed by atoms with Crippen molar-refractivity contribution in [2.24, 2.45) is 34.0 Å². The topological polar surface area (TPSA) is 468 Å². The highest BCUT2D eigenvalue weighted by atomic mass is 33.1. The Kier molecular flexibility index (Phi) is 26.5. The number of aromatic amines is 1. The van der Waals surface area contributed by atoms with Crippen molar-refractivity contribution in [3.63, 3.8) is 0 Å². The first-order chi connectivity index (χ1) is 36.4. The Morgan fingerprint density at radius 1 is 0.688 bits per heavy atom. The number of H-pyrrole nitrogens is 1. The molecule has 424 valence electrons. The average molecular weight is 1120 g/mol. The fourth-order valence-corrected chi connectivity index (χ4v) is 9.51. The summed E-state index contributed by atoms with van der Waals surface area (Å²) in [7, 11) is 1.96. The molecule has 0 bridgehead atoms.